The highest BCUT2D eigenvalue weighted by molar-refractivity contribution is 5.94. The largest absolute Gasteiger partial charge is 0.496 e. The summed E-state index contributed by atoms with van der Waals surface area (Å²) in [4.78, 5) is 16.2. The molecule has 0 unspecified atom stereocenters. The van der Waals surface area contributed by atoms with Crippen molar-refractivity contribution in [1.82, 2.24) is 16.0 Å². The van der Waals surface area contributed by atoms with Crippen molar-refractivity contribution in [3.8, 4) is 5.75 Å². The Labute approximate surface area is 185 Å². The molecule has 0 aromatic heterocycles. The van der Waals surface area contributed by atoms with Crippen LogP contribution < -0.4 is 20.7 Å². The molecule has 0 radical (unpaired) electrons. The number of aliphatic imine (C=N–C) groups is 1. The highest BCUT2D eigenvalue weighted by Gasteiger charge is 2.37. The van der Waals surface area contributed by atoms with Gasteiger partial charge >= 0.3 is 0 Å². The summed E-state index contributed by atoms with van der Waals surface area (Å²) < 4.78 is 5.66. The van der Waals surface area contributed by atoms with Crippen LogP contribution in [0.4, 0.5) is 0 Å². The van der Waals surface area contributed by atoms with Gasteiger partial charge in [0.15, 0.2) is 5.96 Å². The van der Waals surface area contributed by atoms with Crippen LogP contribution in [0.3, 0.4) is 0 Å². The minimum Gasteiger partial charge on any atom is -0.496 e. The van der Waals surface area contributed by atoms with E-state index in [1.54, 1.807) is 21.2 Å². The van der Waals surface area contributed by atoms with Crippen molar-refractivity contribution < 1.29 is 9.53 Å². The van der Waals surface area contributed by atoms with Crippen LogP contribution in [-0.2, 0) is 11.8 Å². The van der Waals surface area contributed by atoms with Crippen molar-refractivity contribution in [2.45, 2.75) is 37.5 Å². The first-order valence-electron chi connectivity index (χ1n) is 11.0. The van der Waals surface area contributed by atoms with Gasteiger partial charge in [0.2, 0.25) is 0 Å². The second-order valence-corrected chi connectivity index (χ2v) is 8.07. The quantitative estimate of drug-likeness (QED) is 0.451. The number of ether oxygens (including phenoxy) is 1. The molecule has 2 aromatic carbocycles. The number of carbonyl (C=O) groups is 1. The number of guanidine groups is 1. The Kier molecular flexibility index (Phi) is 7.93. The number of nitrogens with zero attached hydrogens (tertiary/aromatic N) is 1. The lowest BCUT2D eigenvalue weighted by molar-refractivity contribution is 0.0963. The van der Waals surface area contributed by atoms with Gasteiger partial charge in [-0.1, -0.05) is 43.2 Å². The molecule has 0 bridgehead atoms. The molecule has 1 amide bonds. The van der Waals surface area contributed by atoms with Gasteiger partial charge in [0, 0.05) is 43.7 Å². The monoisotopic (exact) mass is 422 g/mol. The van der Waals surface area contributed by atoms with Crippen LogP contribution in [0.15, 0.2) is 53.5 Å². The van der Waals surface area contributed by atoms with Crippen LogP contribution in [0.5, 0.6) is 5.75 Å². The first-order valence-corrected chi connectivity index (χ1v) is 11.0. The summed E-state index contributed by atoms with van der Waals surface area (Å²) >= 11 is 0. The zero-order valence-electron chi connectivity index (χ0n) is 18.8. The highest BCUT2D eigenvalue weighted by atomic mass is 16.5. The highest BCUT2D eigenvalue weighted by Crippen LogP contribution is 2.44. The molecule has 1 aliphatic carbocycles. The number of methoxy groups -OCH3 is 1. The summed E-state index contributed by atoms with van der Waals surface area (Å²) in [7, 11) is 5.19. The van der Waals surface area contributed by atoms with E-state index in [4.69, 9.17) is 4.74 Å². The molecular formula is C25H34N4O2. The zero-order valence-corrected chi connectivity index (χ0v) is 18.8. The van der Waals surface area contributed by atoms with Crippen LogP contribution in [0.2, 0.25) is 0 Å². The van der Waals surface area contributed by atoms with Gasteiger partial charge in [-0.05, 0) is 43.0 Å². The maximum Gasteiger partial charge on any atom is 0.251 e. The van der Waals surface area contributed by atoms with Gasteiger partial charge in [-0.2, -0.15) is 0 Å². The second kappa shape index (κ2) is 10.8. The van der Waals surface area contributed by atoms with E-state index in [-0.39, 0.29) is 11.3 Å². The average Bonchev–Trinajstić information content (AvgIpc) is 3.31. The number of nitrogens with one attached hydrogen (secondary N) is 3. The van der Waals surface area contributed by atoms with E-state index < -0.39 is 0 Å². The predicted octanol–water partition coefficient (Wildman–Crippen LogP) is 3.27. The number of rotatable bonds is 8. The molecule has 0 heterocycles. The number of benzene rings is 2. The minimum atomic E-state index is -0.0644. The van der Waals surface area contributed by atoms with Crippen LogP contribution in [-0.4, -0.2) is 46.2 Å². The van der Waals surface area contributed by atoms with E-state index in [1.165, 1.54) is 18.4 Å². The van der Waals surface area contributed by atoms with Crippen LogP contribution in [0.1, 0.15) is 47.2 Å². The molecule has 6 heteroatoms. The van der Waals surface area contributed by atoms with Crippen LogP contribution in [0, 0.1) is 0 Å². The first kappa shape index (κ1) is 22.7. The van der Waals surface area contributed by atoms with Gasteiger partial charge in [0.25, 0.3) is 5.91 Å². The topological polar surface area (TPSA) is 74.8 Å². The third-order valence-corrected chi connectivity index (χ3v) is 6.18. The first-order chi connectivity index (χ1) is 15.1. The summed E-state index contributed by atoms with van der Waals surface area (Å²) in [5.74, 6) is 1.69. The molecule has 0 saturated heterocycles. The van der Waals surface area contributed by atoms with Gasteiger partial charge in [-0.25, -0.2) is 0 Å². The lowest BCUT2D eigenvalue weighted by atomic mass is 9.78. The van der Waals surface area contributed by atoms with Crippen molar-refractivity contribution in [2.75, 3.05) is 34.3 Å². The third-order valence-electron chi connectivity index (χ3n) is 6.18. The van der Waals surface area contributed by atoms with E-state index in [2.05, 4.69) is 39.1 Å². The van der Waals surface area contributed by atoms with E-state index in [0.29, 0.717) is 5.56 Å². The third kappa shape index (κ3) is 5.57. The SMILES string of the molecule is CN=C(NCCc1cccc(C(=O)NC)c1)NCC1(c2ccccc2OC)CCCC1. The fourth-order valence-corrected chi connectivity index (χ4v) is 4.49. The minimum absolute atomic E-state index is 0.0616. The Bertz CT molecular complexity index is 904. The molecule has 3 N–H and O–H groups in total. The smallest absolute Gasteiger partial charge is 0.251 e. The van der Waals surface area contributed by atoms with E-state index in [0.717, 1.165) is 49.6 Å². The van der Waals surface area contributed by atoms with Crippen LogP contribution in [0.25, 0.3) is 0 Å². The lowest BCUT2D eigenvalue weighted by Gasteiger charge is -2.32. The number of para-hydroxylation sites is 1. The van der Waals surface area contributed by atoms with E-state index in [1.807, 2.05) is 30.3 Å². The zero-order chi connectivity index (χ0) is 22.1. The van der Waals surface area contributed by atoms with Crippen LogP contribution >= 0.6 is 0 Å². The summed E-state index contributed by atoms with van der Waals surface area (Å²) in [5, 5.41) is 9.62. The van der Waals surface area contributed by atoms with E-state index >= 15 is 0 Å². The van der Waals surface area contributed by atoms with Crippen molar-refractivity contribution >= 4 is 11.9 Å². The summed E-state index contributed by atoms with van der Waals surface area (Å²) in [6.07, 6.45) is 5.55. The molecule has 0 atom stereocenters. The summed E-state index contributed by atoms with van der Waals surface area (Å²) in [6.45, 7) is 1.55. The fourth-order valence-electron chi connectivity index (χ4n) is 4.49. The Morgan fingerprint density at radius 3 is 2.58 bits per heavy atom. The van der Waals surface area contributed by atoms with Gasteiger partial charge in [0.05, 0.1) is 7.11 Å². The normalized spacial score (nSPS) is 15.4. The molecule has 1 fully saturated rings. The maximum atomic E-state index is 11.8. The lowest BCUT2D eigenvalue weighted by Crippen LogP contribution is -2.45. The maximum absolute atomic E-state index is 11.8. The van der Waals surface area contributed by atoms with E-state index in [9.17, 15) is 4.79 Å². The molecule has 3 rings (SSSR count). The molecule has 1 saturated carbocycles. The Balaban J connectivity index is 1.59. The summed E-state index contributed by atoms with van der Waals surface area (Å²) in [5.41, 5.74) is 3.14. The number of hydrogen-bond acceptors (Lipinski definition) is 3. The summed E-state index contributed by atoms with van der Waals surface area (Å²) in [6, 6.07) is 16.1. The van der Waals surface area contributed by atoms with Gasteiger partial charge in [-0.15, -0.1) is 0 Å². The van der Waals surface area contributed by atoms with Crippen molar-refractivity contribution in [3.05, 3.63) is 65.2 Å². The van der Waals surface area contributed by atoms with Crippen molar-refractivity contribution in [1.29, 1.82) is 0 Å². The molecule has 1 aliphatic rings. The van der Waals surface area contributed by atoms with Gasteiger partial charge in [0.1, 0.15) is 5.75 Å². The molecule has 0 spiro atoms. The molecule has 0 aliphatic heterocycles. The second-order valence-electron chi connectivity index (χ2n) is 8.07. The van der Waals surface area contributed by atoms with Crippen molar-refractivity contribution in [3.63, 3.8) is 0 Å². The van der Waals surface area contributed by atoms with Crippen molar-refractivity contribution in [2.24, 2.45) is 4.99 Å². The molecule has 2 aromatic rings. The average molecular weight is 423 g/mol. The number of carbonyl (C=O) groups excluding carboxylic acids is 1. The van der Waals surface area contributed by atoms with Gasteiger partial charge in [-0.3, -0.25) is 9.79 Å². The molecule has 31 heavy (non-hydrogen) atoms. The standard InChI is InChI=1S/C25H34N4O2/c1-26-23(30)20-10-8-9-19(17-20)13-16-28-24(27-2)29-18-25(14-6-7-15-25)21-11-4-5-12-22(21)31-3/h4-5,8-12,17H,6-7,13-16,18H2,1-3H3,(H,26,30)(H2,27,28,29). The fraction of sp³-hybridized carbons (Fsp3) is 0.440. The predicted molar refractivity (Wildman–Crippen MR) is 126 cm³/mol. The Morgan fingerprint density at radius 1 is 1.10 bits per heavy atom. The molecule has 166 valence electrons. The molecule has 6 nitrogen and oxygen atoms in total. The number of amides is 1. The Hall–Kier alpha value is -3.02. The Morgan fingerprint density at radius 2 is 1.87 bits per heavy atom. The number of hydrogen-bond donors (Lipinski definition) is 3. The van der Waals surface area contributed by atoms with Gasteiger partial charge < -0.3 is 20.7 Å². The molecular weight excluding hydrogens is 388 g/mol.